The van der Waals surface area contributed by atoms with Gasteiger partial charge in [-0.05, 0) is 34.5 Å². The molecule has 0 saturated carbocycles. The largest absolute Gasteiger partial charge is 0.508 e. The lowest BCUT2D eigenvalue weighted by Gasteiger charge is -1.96. The highest BCUT2D eigenvalue weighted by atomic mass is 32.1. The zero-order chi connectivity index (χ0) is 9.26. The summed E-state index contributed by atoms with van der Waals surface area (Å²) in [7, 11) is 0. The van der Waals surface area contributed by atoms with Crippen molar-refractivity contribution < 1.29 is 9.94 Å². The molecule has 0 amide bonds. The molecule has 1 aromatic carbocycles. The topological polar surface area (TPSA) is 55.5 Å². The van der Waals surface area contributed by atoms with E-state index < -0.39 is 0 Å². The SMILES string of the molecule is NOCc1csc2cc(O)ccc12. The molecule has 4 heteroatoms. The second-order valence-electron chi connectivity index (χ2n) is 2.75. The number of phenols is 1. The Bertz CT molecular complexity index is 424. The second-order valence-corrected chi connectivity index (χ2v) is 3.66. The fourth-order valence-corrected chi connectivity index (χ4v) is 2.25. The third kappa shape index (κ3) is 1.51. The van der Waals surface area contributed by atoms with Gasteiger partial charge in [0.2, 0.25) is 0 Å². The van der Waals surface area contributed by atoms with E-state index in [1.807, 2.05) is 11.4 Å². The summed E-state index contributed by atoms with van der Waals surface area (Å²) >= 11 is 1.57. The van der Waals surface area contributed by atoms with Crippen molar-refractivity contribution in [2.45, 2.75) is 6.61 Å². The van der Waals surface area contributed by atoms with E-state index in [1.54, 1.807) is 23.5 Å². The summed E-state index contributed by atoms with van der Waals surface area (Å²) in [6, 6.07) is 5.27. The molecule has 3 nitrogen and oxygen atoms in total. The van der Waals surface area contributed by atoms with Crippen LogP contribution in [0.25, 0.3) is 10.1 Å². The lowest BCUT2D eigenvalue weighted by molar-refractivity contribution is 0.125. The lowest BCUT2D eigenvalue weighted by atomic mass is 10.2. The average Bonchev–Trinajstić information content (AvgIpc) is 2.49. The summed E-state index contributed by atoms with van der Waals surface area (Å²) in [5.74, 6) is 5.28. The number of hydrogen-bond acceptors (Lipinski definition) is 4. The van der Waals surface area contributed by atoms with E-state index >= 15 is 0 Å². The van der Waals surface area contributed by atoms with Crippen molar-refractivity contribution in [3.8, 4) is 5.75 Å². The number of nitrogens with two attached hydrogens (primary N) is 1. The summed E-state index contributed by atoms with van der Waals surface area (Å²) < 4.78 is 1.05. The van der Waals surface area contributed by atoms with Crippen LogP contribution < -0.4 is 5.90 Å². The van der Waals surface area contributed by atoms with Crippen molar-refractivity contribution in [3.63, 3.8) is 0 Å². The van der Waals surface area contributed by atoms with Crippen LogP contribution in [0.4, 0.5) is 0 Å². The number of thiophene rings is 1. The van der Waals surface area contributed by atoms with Gasteiger partial charge in [0.05, 0.1) is 6.61 Å². The van der Waals surface area contributed by atoms with Crippen molar-refractivity contribution in [1.29, 1.82) is 0 Å². The van der Waals surface area contributed by atoms with E-state index in [0.717, 1.165) is 15.6 Å². The van der Waals surface area contributed by atoms with Gasteiger partial charge in [-0.3, -0.25) is 4.84 Å². The van der Waals surface area contributed by atoms with Crippen LogP contribution in [-0.2, 0) is 11.4 Å². The van der Waals surface area contributed by atoms with Crippen LogP contribution in [0.1, 0.15) is 5.56 Å². The molecule has 0 fully saturated rings. The summed E-state index contributed by atoms with van der Waals surface area (Å²) in [6.45, 7) is 0.408. The van der Waals surface area contributed by atoms with E-state index in [4.69, 9.17) is 5.90 Å². The van der Waals surface area contributed by atoms with Gasteiger partial charge in [-0.1, -0.05) is 0 Å². The standard InChI is InChI=1S/C9H9NO2S/c10-12-4-6-5-13-9-3-7(11)1-2-8(6)9/h1-3,5,11H,4,10H2. The number of phenolic OH excluding ortho intramolecular Hbond substituents is 1. The quantitative estimate of drug-likeness (QED) is 0.720. The Labute approximate surface area is 79.3 Å². The highest BCUT2D eigenvalue weighted by molar-refractivity contribution is 7.17. The molecule has 0 unspecified atom stereocenters. The zero-order valence-corrected chi connectivity index (χ0v) is 7.67. The molecule has 1 aromatic heterocycles. The van der Waals surface area contributed by atoms with Gasteiger partial charge in [-0.15, -0.1) is 11.3 Å². The van der Waals surface area contributed by atoms with E-state index in [0.29, 0.717) is 6.61 Å². The number of benzene rings is 1. The van der Waals surface area contributed by atoms with Crippen LogP contribution in [0.15, 0.2) is 23.6 Å². The van der Waals surface area contributed by atoms with Crippen molar-refractivity contribution in [2.75, 3.05) is 0 Å². The predicted molar refractivity (Wildman–Crippen MR) is 52.5 cm³/mol. The Morgan fingerprint density at radius 3 is 3.08 bits per heavy atom. The van der Waals surface area contributed by atoms with Crippen LogP contribution in [0, 0.1) is 0 Å². The normalized spacial score (nSPS) is 10.8. The molecule has 68 valence electrons. The molecule has 0 saturated heterocycles. The Morgan fingerprint density at radius 2 is 2.31 bits per heavy atom. The molecule has 0 atom stereocenters. The minimum Gasteiger partial charge on any atom is -0.508 e. The number of hydrogen-bond donors (Lipinski definition) is 2. The molecule has 13 heavy (non-hydrogen) atoms. The maximum atomic E-state index is 9.22. The molecule has 0 radical (unpaired) electrons. The lowest BCUT2D eigenvalue weighted by Crippen LogP contribution is -1.97. The highest BCUT2D eigenvalue weighted by Gasteiger charge is 2.03. The third-order valence-corrected chi connectivity index (χ3v) is 2.87. The Kier molecular flexibility index (Phi) is 2.18. The molecule has 0 spiro atoms. The Hall–Kier alpha value is -1.10. The monoisotopic (exact) mass is 195 g/mol. The molecule has 3 N–H and O–H groups in total. The average molecular weight is 195 g/mol. The maximum Gasteiger partial charge on any atom is 0.117 e. The van der Waals surface area contributed by atoms with Crippen LogP contribution in [0.3, 0.4) is 0 Å². The van der Waals surface area contributed by atoms with Crippen molar-refractivity contribution in [3.05, 3.63) is 29.1 Å². The third-order valence-electron chi connectivity index (χ3n) is 1.88. The number of aromatic hydroxyl groups is 1. The molecule has 1 heterocycles. The van der Waals surface area contributed by atoms with Crippen molar-refractivity contribution in [2.24, 2.45) is 5.90 Å². The van der Waals surface area contributed by atoms with E-state index in [9.17, 15) is 5.11 Å². The minimum absolute atomic E-state index is 0.287. The summed E-state index contributed by atoms with van der Waals surface area (Å²) in [5, 5.41) is 12.3. The van der Waals surface area contributed by atoms with E-state index in [2.05, 4.69) is 4.84 Å². The van der Waals surface area contributed by atoms with Gasteiger partial charge < -0.3 is 5.11 Å². The first kappa shape index (κ1) is 8.50. The second kappa shape index (κ2) is 3.33. The molecule has 0 aliphatic heterocycles. The van der Waals surface area contributed by atoms with Gasteiger partial charge in [0.1, 0.15) is 5.75 Å². The Balaban J connectivity index is 2.55. The van der Waals surface area contributed by atoms with Gasteiger partial charge in [0.15, 0.2) is 0 Å². The first-order valence-electron chi connectivity index (χ1n) is 3.82. The fourth-order valence-electron chi connectivity index (χ4n) is 1.27. The molecule has 0 aliphatic carbocycles. The van der Waals surface area contributed by atoms with Crippen molar-refractivity contribution in [1.82, 2.24) is 0 Å². The molecular weight excluding hydrogens is 186 g/mol. The highest BCUT2D eigenvalue weighted by Crippen LogP contribution is 2.29. The Morgan fingerprint density at radius 1 is 1.46 bits per heavy atom. The summed E-state index contributed by atoms with van der Waals surface area (Å²) in [6.07, 6.45) is 0. The number of rotatable bonds is 2. The van der Waals surface area contributed by atoms with Crippen LogP contribution >= 0.6 is 11.3 Å². The van der Waals surface area contributed by atoms with Gasteiger partial charge in [0.25, 0.3) is 0 Å². The molecule has 0 aliphatic rings. The zero-order valence-electron chi connectivity index (χ0n) is 6.86. The maximum absolute atomic E-state index is 9.22. The molecule has 2 rings (SSSR count). The summed E-state index contributed by atoms with van der Waals surface area (Å²) in [5.41, 5.74) is 1.06. The van der Waals surface area contributed by atoms with Gasteiger partial charge in [-0.25, -0.2) is 5.90 Å². The van der Waals surface area contributed by atoms with Crippen molar-refractivity contribution >= 4 is 21.4 Å². The van der Waals surface area contributed by atoms with Gasteiger partial charge >= 0.3 is 0 Å². The smallest absolute Gasteiger partial charge is 0.117 e. The van der Waals surface area contributed by atoms with Gasteiger partial charge in [0, 0.05) is 4.70 Å². The fraction of sp³-hybridized carbons (Fsp3) is 0.111. The summed E-state index contributed by atoms with van der Waals surface area (Å²) in [4.78, 5) is 4.57. The predicted octanol–water partition coefficient (Wildman–Crippen LogP) is 2.00. The first-order valence-corrected chi connectivity index (χ1v) is 4.70. The van der Waals surface area contributed by atoms with Crippen LogP contribution in [-0.4, -0.2) is 5.11 Å². The molecule has 0 bridgehead atoms. The molecular formula is C9H9NO2S. The minimum atomic E-state index is 0.287. The molecule has 2 aromatic rings. The van der Waals surface area contributed by atoms with E-state index in [1.165, 1.54) is 0 Å². The van der Waals surface area contributed by atoms with E-state index in [-0.39, 0.29) is 5.75 Å². The number of fused-ring (bicyclic) bond motifs is 1. The van der Waals surface area contributed by atoms with Gasteiger partial charge in [-0.2, -0.15) is 0 Å². The first-order chi connectivity index (χ1) is 6.31. The van der Waals surface area contributed by atoms with Crippen LogP contribution in [0.2, 0.25) is 0 Å². The van der Waals surface area contributed by atoms with Crippen LogP contribution in [0.5, 0.6) is 5.75 Å².